The summed E-state index contributed by atoms with van der Waals surface area (Å²) in [4.78, 5) is 12.5. The molecule has 0 radical (unpaired) electrons. The Balaban J connectivity index is 2.01. The minimum absolute atomic E-state index is 0.120. The maximum absolute atomic E-state index is 11.3. The van der Waals surface area contributed by atoms with E-state index in [1.165, 1.54) is 11.1 Å². The van der Waals surface area contributed by atoms with Gasteiger partial charge in [-0.1, -0.05) is 43.3 Å². The number of hydrogen-bond donors (Lipinski definition) is 0. The molecule has 0 saturated heterocycles. The lowest BCUT2D eigenvalue weighted by Crippen LogP contribution is -1.91. The summed E-state index contributed by atoms with van der Waals surface area (Å²) in [5.74, 6) is 1.06. The predicted molar refractivity (Wildman–Crippen MR) is 81.8 cm³/mol. The standard InChI is InChI=1S/C17H18OS/c1-3-14-7-9-15(10-8-14)12-19-17-6-4-5-16(11-17)13(2)18/h4-11H,3,12H2,1-2H3. The van der Waals surface area contributed by atoms with E-state index in [1.807, 2.05) is 18.2 Å². The Morgan fingerprint density at radius 2 is 1.74 bits per heavy atom. The fourth-order valence-electron chi connectivity index (χ4n) is 1.84. The van der Waals surface area contributed by atoms with Gasteiger partial charge in [0.25, 0.3) is 0 Å². The van der Waals surface area contributed by atoms with E-state index in [1.54, 1.807) is 18.7 Å². The quantitative estimate of drug-likeness (QED) is 0.576. The molecule has 2 aromatic rings. The van der Waals surface area contributed by atoms with E-state index in [0.717, 1.165) is 22.6 Å². The topological polar surface area (TPSA) is 17.1 Å². The van der Waals surface area contributed by atoms with E-state index in [4.69, 9.17) is 0 Å². The molecule has 98 valence electrons. The highest BCUT2D eigenvalue weighted by atomic mass is 32.2. The molecule has 2 heteroatoms. The molecule has 0 bridgehead atoms. The van der Waals surface area contributed by atoms with Gasteiger partial charge in [0.1, 0.15) is 0 Å². The van der Waals surface area contributed by atoms with Crippen LogP contribution in [0.3, 0.4) is 0 Å². The lowest BCUT2D eigenvalue weighted by molar-refractivity contribution is 0.101. The van der Waals surface area contributed by atoms with Gasteiger partial charge in [0, 0.05) is 16.2 Å². The number of carbonyl (C=O) groups excluding carboxylic acids is 1. The van der Waals surface area contributed by atoms with Crippen LogP contribution in [0.15, 0.2) is 53.4 Å². The molecule has 0 aliphatic heterocycles. The molecule has 0 heterocycles. The zero-order chi connectivity index (χ0) is 13.7. The van der Waals surface area contributed by atoms with Crippen molar-refractivity contribution in [3.8, 4) is 0 Å². The van der Waals surface area contributed by atoms with Crippen LogP contribution in [0.2, 0.25) is 0 Å². The zero-order valence-electron chi connectivity index (χ0n) is 11.3. The van der Waals surface area contributed by atoms with Gasteiger partial charge in [0.15, 0.2) is 5.78 Å². The van der Waals surface area contributed by atoms with Gasteiger partial charge in [-0.2, -0.15) is 0 Å². The smallest absolute Gasteiger partial charge is 0.159 e. The van der Waals surface area contributed by atoms with Gasteiger partial charge in [-0.3, -0.25) is 4.79 Å². The van der Waals surface area contributed by atoms with Gasteiger partial charge in [-0.05, 0) is 36.6 Å². The summed E-state index contributed by atoms with van der Waals surface area (Å²) in [7, 11) is 0. The first kappa shape index (κ1) is 13.9. The van der Waals surface area contributed by atoms with Gasteiger partial charge in [-0.25, -0.2) is 0 Å². The normalized spacial score (nSPS) is 10.4. The van der Waals surface area contributed by atoms with Crippen molar-refractivity contribution in [1.29, 1.82) is 0 Å². The third-order valence-corrected chi connectivity index (χ3v) is 4.14. The molecule has 0 aliphatic rings. The summed E-state index contributed by atoms with van der Waals surface area (Å²) in [5.41, 5.74) is 3.47. The molecular formula is C17H18OS. The van der Waals surface area contributed by atoms with Gasteiger partial charge in [0.2, 0.25) is 0 Å². The van der Waals surface area contributed by atoms with Gasteiger partial charge in [0.05, 0.1) is 0 Å². The van der Waals surface area contributed by atoms with E-state index < -0.39 is 0 Å². The minimum Gasteiger partial charge on any atom is -0.295 e. The van der Waals surface area contributed by atoms with E-state index in [-0.39, 0.29) is 5.78 Å². The monoisotopic (exact) mass is 270 g/mol. The fourth-order valence-corrected chi connectivity index (χ4v) is 2.75. The average Bonchev–Trinajstić information content (AvgIpc) is 2.46. The SMILES string of the molecule is CCc1ccc(CSc2cccc(C(C)=O)c2)cc1. The van der Waals surface area contributed by atoms with E-state index in [2.05, 4.69) is 37.3 Å². The predicted octanol–water partition coefficient (Wildman–Crippen LogP) is 4.74. The first-order valence-electron chi connectivity index (χ1n) is 6.50. The molecule has 2 aromatic carbocycles. The summed E-state index contributed by atoms with van der Waals surface area (Å²) < 4.78 is 0. The first-order valence-corrected chi connectivity index (χ1v) is 7.49. The molecule has 0 unspecified atom stereocenters. The van der Waals surface area contributed by atoms with Crippen LogP contribution in [0.1, 0.15) is 35.3 Å². The molecule has 1 nitrogen and oxygen atoms in total. The molecule has 2 rings (SSSR count). The van der Waals surface area contributed by atoms with Crippen LogP contribution < -0.4 is 0 Å². The lowest BCUT2D eigenvalue weighted by atomic mass is 10.1. The number of ketones is 1. The molecule has 0 amide bonds. The van der Waals surface area contributed by atoms with Gasteiger partial charge in [-0.15, -0.1) is 11.8 Å². The number of benzene rings is 2. The summed E-state index contributed by atoms with van der Waals surface area (Å²) in [6.45, 7) is 3.77. The highest BCUT2D eigenvalue weighted by Gasteiger charge is 2.01. The van der Waals surface area contributed by atoms with Crippen molar-refractivity contribution in [2.24, 2.45) is 0 Å². The Morgan fingerprint density at radius 3 is 2.37 bits per heavy atom. The number of carbonyl (C=O) groups is 1. The van der Waals surface area contributed by atoms with Gasteiger partial charge >= 0.3 is 0 Å². The number of hydrogen-bond acceptors (Lipinski definition) is 2. The average molecular weight is 270 g/mol. The van der Waals surface area contributed by atoms with Gasteiger partial charge < -0.3 is 0 Å². The molecule has 0 spiro atoms. The number of Topliss-reactive ketones (excluding diaryl/α,β-unsaturated/α-hetero) is 1. The molecule has 0 N–H and O–H groups in total. The molecule has 0 fully saturated rings. The molecule has 0 aromatic heterocycles. The maximum Gasteiger partial charge on any atom is 0.159 e. The summed E-state index contributed by atoms with van der Waals surface area (Å²) in [5, 5.41) is 0. The van der Waals surface area contributed by atoms with Crippen LogP contribution in [0, 0.1) is 0 Å². The Kier molecular flexibility index (Phi) is 4.80. The van der Waals surface area contributed by atoms with Crippen molar-refractivity contribution < 1.29 is 4.79 Å². The van der Waals surface area contributed by atoms with E-state index >= 15 is 0 Å². The Labute approximate surface area is 119 Å². The first-order chi connectivity index (χ1) is 9.19. The molecule has 0 saturated carbocycles. The van der Waals surface area contributed by atoms with Crippen LogP contribution in [0.5, 0.6) is 0 Å². The van der Waals surface area contributed by atoms with Crippen molar-refractivity contribution in [3.63, 3.8) is 0 Å². The highest BCUT2D eigenvalue weighted by Crippen LogP contribution is 2.24. The summed E-state index contributed by atoms with van der Waals surface area (Å²) in [6, 6.07) is 16.6. The maximum atomic E-state index is 11.3. The summed E-state index contributed by atoms with van der Waals surface area (Å²) >= 11 is 1.77. The van der Waals surface area contributed by atoms with Crippen LogP contribution in [0.4, 0.5) is 0 Å². The molecular weight excluding hydrogens is 252 g/mol. The van der Waals surface area contributed by atoms with Crippen LogP contribution in [-0.4, -0.2) is 5.78 Å². The Hall–Kier alpha value is -1.54. The van der Waals surface area contributed by atoms with E-state index in [0.29, 0.717) is 0 Å². The van der Waals surface area contributed by atoms with Crippen LogP contribution in [0.25, 0.3) is 0 Å². The minimum atomic E-state index is 0.120. The molecule has 19 heavy (non-hydrogen) atoms. The van der Waals surface area contributed by atoms with Crippen molar-refractivity contribution in [3.05, 3.63) is 65.2 Å². The zero-order valence-corrected chi connectivity index (χ0v) is 12.2. The van der Waals surface area contributed by atoms with Crippen molar-refractivity contribution in [2.45, 2.75) is 30.9 Å². The van der Waals surface area contributed by atoms with E-state index in [9.17, 15) is 4.79 Å². The van der Waals surface area contributed by atoms with Crippen molar-refractivity contribution in [2.75, 3.05) is 0 Å². The number of rotatable bonds is 5. The lowest BCUT2D eigenvalue weighted by Gasteiger charge is -2.04. The van der Waals surface area contributed by atoms with Crippen molar-refractivity contribution >= 4 is 17.5 Å². The number of thioether (sulfide) groups is 1. The second kappa shape index (κ2) is 6.58. The highest BCUT2D eigenvalue weighted by molar-refractivity contribution is 7.98. The number of aryl methyl sites for hydroxylation is 1. The third-order valence-electron chi connectivity index (χ3n) is 3.08. The Bertz CT molecular complexity index is 558. The van der Waals surface area contributed by atoms with Crippen LogP contribution in [-0.2, 0) is 12.2 Å². The fraction of sp³-hybridized carbons (Fsp3) is 0.235. The molecule has 0 aliphatic carbocycles. The largest absolute Gasteiger partial charge is 0.295 e. The summed E-state index contributed by atoms with van der Waals surface area (Å²) in [6.07, 6.45) is 1.08. The Morgan fingerprint density at radius 1 is 1.05 bits per heavy atom. The second-order valence-corrected chi connectivity index (χ2v) is 5.59. The molecule has 0 atom stereocenters. The van der Waals surface area contributed by atoms with Crippen molar-refractivity contribution in [1.82, 2.24) is 0 Å². The third kappa shape index (κ3) is 3.97. The van der Waals surface area contributed by atoms with Crippen LogP contribution >= 0.6 is 11.8 Å². The second-order valence-electron chi connectivity index (χ2n) is 4.54.